The van der Waals surface area contributed by atoms with E-state index in [1.165, 1.54) is 24.1 Å². The number of rotatable bonds is 1. The second-order valence-electron chi connectivity index (χ2n) is 5.21. The second-order valence-corrected chi connectivity index (χ2v) is 5.21. The Balaban J connectivity index is 1.95. The number of hydrogen-bond acceptors (Lipinski definition) is 2. The SMILES string of the molecule is NCC1CCCN2c3ccc(F)cc3CCC12. The molecule has 1 aromatic rings. The summed E-state index contributed by atoms with van der Waals surface area (Å²) in [5.74, 6) is 0.497. The van der Waals surface area contributed by atoms with Gasteiger partial charge in [0, 0.05) is 18.3 Å². The van der Waals surface area contributed by atoms with Crippen molar-refractivity contribution in [2.24, 2.45) is 11.7 Å². The fourth-order valence-electron chi connectivity index (χ4n) is 3.44. The third-order valence-electron chi connectivity index (χ3n) is 4.28. The molecule has 0 aliphatic carbocycles. The Labute approximate surface area is 102 Å². The van der Waals surface area contributed by atoms with Crippen molar-refractivity contribution < 1.29 is 4.39 Å². The first-order valence-corrected chi connectivity index (χ1v) is 6.54. The van der Waals surface area contributed by atoms with Gasteiger partial charge in [-0.3, -0.25) is 0 Å². The van der Waals surface area contributed by atoms with Gasteiger partial charge in [0.2, 0.25) is 0 Å². The summed E-state index contributed by atoms with van der Waals surface area (Å²) in [6.07, 6.45) is 4.56. The Morgan fingerprint density at radius 3 is 3.06 bits per heavy atom. The van der Waals surface area contributed by atoms with Gasteiger partial charge in [-0.1, -0.05) is 0 Å². The van der Waals surface area contributed by atoms with E-state index in [0.717, 1.165) is 25.9 Å². The van der Waals surface area contributed by atoms with Crippen molar-refractivity contribution in [3.8, 4) is 0 Å². The summed E-state index contributed by atoms with van der Waals surface area (Å²) in [5, 5.41) is 0. The second kappa shape index (κ2) is 4.30. The fourth-order valence-corrected chi connectivity index (χ4v) is 3.44. The first-order chi connectivity index (χ1) is 8.29. The molecule has 92 valence electrons. The summed E-state index contributed by atoms with van der Waals surface area (Å²) in [6.45, 7) is 1.87. The normalized spacial score (nSPS) is 27.5. The molecular formula is C14H19FN2. The lowest BCUT2D eigenvalue weighted by atomic mass is 9.82. The van der Waals surface area contributed by atoms with E-state index in [4.69, 9.17) is 5.73 Å². The van der Waals surface area contributed by atoms with Crippen molar-refractivity contribution in [2.45, 2.75) is 31.7 Å². The van der Waals surface area contributed by atoms with Gasteiger partial charge < -0.3 is 10.6 Å². The fraction of sp³-hybridized carbons (Fsp3) is 0.571. The zero-order chi connectivity index (χ0) is 11.8. The maximum atomic E-state index is 13.2. The number of piperidine rings is 1. The summed E-state index contributed by atoms with van der Waals surface area (Å²) in [7, 11) is 0. The number of hydrogen-bond donors (Lipinski definition) is 1. The van der Waals surface area contributed by atoms with Crippen LogP contribution in [0.5, 0.6) is 0 Å². The molecule has 2 atom stereocenters. The molecule has 0 spiro atoms. The Kier molecular flexibility index (Phi) is 2.79. The van der Waals surface area contributed by atoms with Gasteiger partial charge in [0.15, 0.2) is 0 Å². The molecule has 2 aliphatic rings. The molecule has 1 saturated heterocycles. The molecule has 0 bridgehead atoms. The lowest BCUT2D eigenvalue weighted by Gasteiger charge is -2.46. The minimum Gasteiger partial charge on any atom is -0.368 e. The maximum absolute atomic E-state index is 13.2. The van der Waals surface area contributed by atoms with Gasteiger partial charge >= 0.3 is 0 Å². The van der Waals surface area contributed by atoms with Crippen molar-refractivity contribution in [3.63, 3.8) is 0 Å². The number of nitrogens with zero attached hydrogens (tertiary/aromatic N) is 1. The van der Waals surface area contributed by atoms with E-state index in [1.54, 1.807) is 12.1 Å². The van der Waals surface area contributed by atoms with Gasteiger partial charge in [0.25, 0.3) is 0 Å². The van der Waals surface area contributed by atoms with Crippen molar-refractivity contribution in [1.82, 2.24) is 0 Å². The molecular weight excluding hydrogens is 215 g/mol. The average Bonchev–Trinajstić information content (AvgIpc) is 2.37. The molecule has 2 heterocycles. The third kappa shape index (κ3) is 1.82. The van der Waals surface area contributed by atoms with Crippen LogP contribution in [0.25, 0.3) is 0 Å². The van der Waals surface area contributed by atoms with Crippen LogP contribution >= 0.6 is 0 Å². The first kappa shape index (κ1) is 11.0. The maximum Gasteiger partial charge on any atom is 0.123 e. The summed E-state index contributed by atoms with van der Waals surface area (Å²) in [5.41, 5.74) is 8.27. The van der Waals surface area contributed by atoms with Crippen molar-refractivity contribution in [3.05, 3.63) is 29.6 Å². The van der Waals surface area contributed by atoms with Crippen molar-refractivity contribution in [2.75, 3.05) is 18.0 Å². The zero-order valence-corrected chi connectivity index (χ0v) is 10.0. The number of aryl methyl sites for hydroxylation is 1. The number of halogens is 1. The highest BCUT2D eigenvalue weighted by Gasteiger charge is 2.34. The molecule has 1 fully saturated rings. The van der Waals surface area contributed by atoms with Crippen LogP contribution in [0.1, 0.15) is 24.8 Å². The smallest absolute Gasteiger partial charge is 0.123 e. The molecule has 17 heavy (non-hydrogen) atoms. The Bertz CT molecular complexity index is 419. The van der Waals surface area contributed by atoms with E-state index in [1.807, 2.05) is 6.07 Å². The number of nitrogens with two attached hydrogens (primary N) is 1. The number of anilines is 1. The minimum atomic E-state index is -0.116. The Morgan fingerprint density at radius 1 is 1.35 bits per heavy atom. The predicted octanol–water partition coefficient (Wildman–Crippen LogP) is 2.32. The molecule has 2 N–H and O–H groups in total. The lowest BCUT2D eigenvalue weighted by Crippen LogP contribution is -2.50. The van der Waals surface area contributed by atoms with Crippen LogP contribution < -0.4 is 10.6 Å². The zero-order valence-electron chi connectivity index (χ0n) is 10.0. The van der Waals surface area contributed by atoms with Gasteiger partial charge in [-0.25, -0.2) is 4.39 Å². The molecule has 3 heteroatoms. The molecule has 0 amide bonds. The third-order valence-corrected chi connectivity index (χ3v) is 4.28. The highest BCUT2D eigenvalue weighted by molar-refractivity contribution is 5.57. The molecule has 3 rings (SSSR count). The number of benzene rings is 1. The van der Waals surface area contributed by atoms with Gasteiger partial charge in [-0.2, -0.15) is 0 Å². The first-order valence-electron chi connectivity index (χ1n) is 6.54. The van der Waals surface area contributed by atoms with Crippen LogP contribution in [0.15, 0.2) is 18.2 Å². The average molecular weight is 234 g/mol. The molecule has 2 unspecified atom stereocenters. The molecule has 1 aromatic carbocycles. The van der Waals surface area contributed by atoms with Crippen LogP contribution in [0.2, 0.25) is 0 Å². The Hall–Kier alpha value is -1.09. The molecule has 2 aliphatic heterocycles. The quantitative estimate of drug-likeness (QED) is 0.808. The lowest BCUT2D eigenvalue weighted by molar-refractivity contribution is 0.305. The van der Waals surface area contributed by atoms with Gasteiger partial charge in [0.1, 0.15) is 5.82 Å². The molecule has 2 nitrogen and oxygen atoms in total. The van der Waals surface area contributed by atoms with Crippen LogP contribution in [-0.4, -0.2) is 19.1 Å². The van der Waals surface area contributed by atoms with Gasteiger partial charge in [-0.15, -0.1) is 0 Å². The molecule has 0 aromatic heterocycles. The van der Waals surface area contributed by atoms with Crippen molar-refractivity contribution >= 4 is 5.69 Å². The largest absolute Gasteiger partial charge is 0.368 e. The minimum absolute atomic E-state index is 0.116. The van der Waals surface area contributed by atoms with E-state index in [9.17, 15) is 4.39 Å². The van der Waals surface area contributed by atoms with E-state index in [2.05, 4.69) is 4.90 Å². The summed E-state index contributed by atoms with van der Waals surface area (Å²) < 4.78 is 13.2. The summed E-state index contributed by atoms with van der Waals surface area (Å²) in [4.78, 5) is 2.46. The van der Waals surface area contributed by atoms with E-state index in [-0.39, 0.29) is 5.82 Å². The van der Waals surface area contributed by atoms with E-state index < -0.39 is 0 Å². The van der Waals surface area contributed by atoms with E-state index >= 15 is 0 Å². The highest BCUT2D eigenvalue weighted by Crippen LogP contribution is 2.37. The van der Waals surface area contributed by atoms with Gasteiger partial charge in [-0.05, 0) is 61.9 Å². The molecule has 0 saturated carbocycles. The van der Waals surface area contributed by atoms with Crippen molar-refractivity contribution in [1.29, 1.82) is 0 Å². The number of fused-ring (bicyclic) bond motifs is 3. The molecule has 0 radical (unpaired) electrons. The highest BCUT2D eigenvalue weighted by atomic mass is 19.1. The van der Waals surface area contributed by atoms with Crippen LogP contribution in [0, 0.1) is 11.7 Å². The van der Waals surface area contributed by atoms with Crippen LogP contribution in [0.3, 0.4) is 0 Å². The predicted molar refractivity (Wildman–Crippen MR) is 67.6 cm³/mol. The summed E-state index contributed by atoms with van der Waals surface area (Å²) >= 11 is 0. The monoisotopic (exact) mass is 234 g/mol. The van der Waals surface area contributed by atoms with Gasteiger partial charge in [0.05, 0.1) is 0 Å². The van der Waals surface area contributed by atoms with Crippen LogP contribution in [0.4, 0.5) is 10.1 Å². The topological polar surface area (TPSA) is 29.3 Å². The van der Waals surface area contributed by atoms with E-state index in [0.29, 0.717) is 12.0 Å². The Morgan fingerprint density at radius 2 is 2.24 bits per heavy atom. The summed E-state index contributed by atoms with van der Waals surface area (Å²) in [6, 6.07) is 5.78. The standard InChI is InChI=1S/C14H19FN2/c15-12-4-6-13-10(8-12)3-5-14-11(9-16)2-1-7-17(13)14/h4,6,8,11,14H,1-3,5,7,9,16H2. The van der Waals surface area contributed by atoms with Crippen LogP contribution in [-0.2, 0) is 6.42 Å².